The van der Waals surface area contributed by atoms with E-state index < -0.39 is 0 Å². The van der Waals surface area contributed by atoms with Crippen molar-refractivity contribution in [1.82, 2.24) is 30.2 Å². The molecule has 6 heterocycles. The van der Waals surface area contributed by atoms with Crippen LogP contribution >= 0.6 is 0 Å². The molecule has 0 atom stereocenters. The Bertz CT molecular complexity index is 2540. The highest BCUT2D eigenvalue weighted by Gasteiger charge is 2.16. The molecule has 0 radical (unpaired) electrons. The molecular formula is C42H28N6. The number of para-hydroxylation sites is 1. The normalized spacial score (nSPS) is 12.7. The Hall–Kier alpha value is -6.53. The second-order valence-electron chi connectivity index (χ2n) is 11.8. The third-order valence-electron chi connectivity index (χ3n) is 8.83. The first-order valence-corrected chi connectivity index (χ1v) is 16.0. The predicted octanol–water partition coefficient (Wildman–Crippen LogP) is 9.29. The van der Waals surface area contributed by atoms with Crippen LogP contribution in [-0.2, 0) is 0 Å². The van der Waals surface area contributed by atoms with Gasteiger partial charge in [0.15, 0.2) is 0 Å². The van der Waals surface area contributed by atoms with E-state index in [2.05, 4.69) is 125 Å². The quantitative estimate of drug-likeness (QED) is 0.153. The third kappa shape index (κ3) is 4.96. The van der Waals surface area contributed by atoms with Crippen molar-refractivity contribution in [3.05, 3.63) is 158 Å². The first-order valence-electron chi connectivity index (χ1n) is 16.0. The van der Waals surface area contributed by atoms with Crippen LogP contribution in [0.3, 0.4) is 0 Å². The van der Waals surface area contributed by atoms with Crippen LogP contribution in [0.5, 0.6) is 0 Å². The third-order valence-corrected chi connectivity index (χ3v) is 8.83. The number of nitrogens with zero attached hydrogens (tertiary/aromatic N) is 5. The molecule has 1 N–H and O–H groups in total. The maximum atomic E-state index is 5.23. The van der Waals surface area contributed by atoms with Gasteiger partial charge in [0.25, 0.3) is 0 Å². The lowest BCUT2D eigenvalue weighted by Gasteiger charge is -2.15. The van der Waals surface area contributed by atoms with Crippen molar-refractivity contribution in [2.24, 2.45) is 0 Å². The van der Waals surface area contributed by atoms with Crippen molar-refractivity contribution in [1.29, 1.82) is 0 Å². The largest absolute Gasteiger partial charge is 0.380 e. The Morgan fingerprint density at radius 2 is 1.33 bits per heavy atom. The Labute approximate surface area is 277 Å². The monoisotopic (exact) mass is 616 g/mol. The summed E-state index contributed by atoms with van der Waals surface area (Å²) in [5.41, 5.74) is 12.6. The molecule has 0 spiro atoms. The fraction of sp³-hybridized carbons (Fsp3) is 0.0238. The van der Waals surface area contributed by atoms with Gasteiger partial charge in [0.05, 0.1) is 45.0 Å². The standard InChI is InChI=1S/C42H28N6/c1-2-8-35-32(7-1)40(29-19-23-43-24-20-29)33-17-15-30-16-18-34(47-41(30)42(33)48-35)28-13-11-27(12-14-28)31-25-38(36-9-3-5-21-44-36)46-39(26-31)37-10-4-6-22-45-37/h1-21,23-26,45H,22H2. The van der Waals surface area contributed by atoms with Crippen LogP contribution in [0.25, 0.3) is 83.3 Å². The minimum atomic E-state index is 0.774. The van der Waals surface area contributed by atoms with E-state index in [4.69, 9.17) is 15.0 Å². The molecule has 9 rings (SSSR count). The van der Waals surface area contributed by atoms with Gasteiger partial charge in [-0.25, -0.2) is 15.0 Å². The lowest BCUT2D eigenvalue weighted by atomic mass is 9.95. The smallest absolute Gasteiger partial charge is 0.0978 e. The van der Waals surface area contributed by atoms with Gasteiger partial charge in [0, 0.05) is 52.4 Å². The maximum absolute atomic E-state index is 5.23. The number of fused-ring (bicyclic) bond motifs is 4. The van der Waals surface area contributed by atoms with Crippen molar-refractivity contribution >= 4 is 38.4 Å². The zero-order valence-electron chi connectivity index (χ0n) is 25.9. The second-order valence-corrected chi connectivity index (χ2v) is 11.8. The second kappa shape index (κ2) is 11.7. The summed E-state index contributed by atoms with van der Waals surface area (Å²) >= 11 is 0. The number of benzene rings is 3. The summed E-state index contributed by atoms with van der Waals surface area (Å²) < 4.78 is 0. The molecule has 8 aromatic rings. The summed E-state index contributed by atoms with van der Waals surface area (Å²) in [4.78, 5) is 24.2. The van der Waals surface area contributed by atoms with Gasteiger partial charge in [-0.2, -0.15) is 0 Å². The molecule has 1 aliphatic rings. The molecule has 0 amide bonds. The fourth-order valence-corrected chi connectivity index (χ4v) is 6.48. The molecule has 0 aliphatic carbocycles. The molecule has 0 bridgehead atoms. The molecule has 0 saturated carbocycles. The minimum absolute atomic E-state index is 0.774. The lowest BCUT2D eigenvalue weighted by Crippen LogP contribution is -2.15. The molecule has 0 unspecified atom stereocenters. The average Bonchev–Trinajstić information content (AvgIpc) is 3.17. The van der Waals surface area contributed by atoms with Crippen molar-refractivity contribution in [2.75, 3.05) is 6.54 Å². The van der Waals surface area contributed by atoms with Gasteiger partial charge in [0.2, 0.25) is 0 Å². The van der Waals surface area contributed by atoms with E-state index in [1.54, 1.807) is 6.20 Å². The number of hydrogen-bond donors (Lipinski definition) is 1. The van der Waals surface area contributed by atoms with E-state index in [1.165, 1.54) is 0 Å². The van der Waals surface area contributed by atoms with E-state index >= 15 is 0 Å². The number of aromatic nitrogens is 5. The highest BCUT2D eigenvalue weighted by molar-refractivity contribution is 6.16. The van der Waals surface area contributed by atoms with Crippen LogP contribution in [0.15, 0.2) is 152 Å². The highest BCUT2D eigenvalue weighted by Crippen LogP contribution is 2.38. The summed E-state index contributed by atoms with van der Waals surface area (Å²) in [6, 6.07) is 39.7. The minimum Gasteiger partial charge on any atom is -0.380 e. The number of dihydropyridines is 1. The first-order chi connectivity index (χ1) is 23.8. The summed E-state index contributed by atoms with van der Waals surface area (Å²) in [6.45, 7) is 0.774. The van der Waals surface area contributed by atoms with Crippen LogP contribution in [0.2, 0.25) is 0 Å². The molecule has 3 aromatic carbocycles. The molecule has 0 fully saturated rings. The Balaban J connectivity index is 1.15. The first kappa shape index (κ1) is 27.8. The Morgan fingerprint density at radius 3 is 2.17 bits per heavy atom. The van der Waals surface area contributed by atoms with Gasteiger partial charge in [0.1, 0.15) is 0 Å². The molecule has 48 heavy (non-hydrogen) atoms. The summed E-state index contributed by atoms with van der Waals surface area (Å²) in [5, 5.41) is 6.68. The maximum Gasteiger partial charge on any atom is 0.0978 e. The van der Waals surface area contributed by atoms with Crippen LogP contribution in [0.4, 0.5) is 0 Å². The van der Waals surface area contributed by atoms with Crippen LogP contribution < -0.4 is 5.32 Å². The zero-order valence-corrected chi connectivity index (χ0v) is 25.9. The van der Waals surface area contributed by atoms with Crippen molar-refractivity contribution in [2.45, 2.75) is 0 Å². The predicted molar refractivity (Wildman–Crippen MR) is 195 cm³/mol. The molecule has 5 aromatic heterocycles. The van der Waals surface area contributed by atoms with E-state index in [9.17, 15) is 0 Å². The van der Waals surface area contributed by atoms with Crippen LogP contribution in [0.1, 0.15) is 5.69 Å². The zero-order chi connectivity index (χ0) is 31.9. The molecule has 226 valence electrons. The number of rotatable bonds is 5. The van der Waals surface area contributed by atoms with Crippen molar-refractivity contribution in [3.8, 4) is 44.9 Å². The van der Waals surface area contributed by atoms with Crippen LogP contribution in [0, 0.1) is 0 Å². The molecule has 1 aliphatic heterocycles. The van der Waals surface area contributed by atoms with Gasteiger partial charge in [-0.1, -0.05) is 78.9 Å². The Kier molecular flexibility index (Phi) is 6.75. The number of allylic oxidation sites excluding steroid dienone is 2. The van der Waals surface area contributed by atoms with E-state index in [0.717, 1.165) is 95.5 Å². The molecule has 6 heteroatoms. The van der Waals surface area contributed by atoms with E-state index in [0.29, 0.717) is 0 Å². The summed E-state index contributed by atoms with van der Waals surface area (Å²) in [6.07, 6.45) is 11.7. The van der Waals surface area contributed by atoms with Gasteiger partial charge in [-0.3, -0.25) is 9.97 Å². The van der Waals surface area contributed by atoms with Gasteiger partial charge in [-0.05, 0) is 71.3 Å². The highest BCUT2D eigenvalue weighted by atomic mass is 14.9. The fourth-order valence-electron chi connectivity index (χ4n) is 6.48. The summed E-state index contributed by atoms with van der Waals surface area (Å²) in [5.74, 6) is 0. The van der Waals surface area contributed by atoms with Gasteiger partial charge >= 0.3 is 0 Å². The Morgan fingerprint density at radius 1 is 0.521 bits per heavy atom. The number of hydrogen-bond acceptors (Lipinski definition) is 6. The molecule has 0 saturated heterocycles. The van der Waals surface area contributed by atoms with Gasteiger partial charge < -0.3 is 5.32 Å². The van der Waals surface area contributed by atoms with E-state index in [1.807, 2.05) is 36.7 Å². The lowest BCUT2D eigenvalue weighted by molar-refractivity contribution is 0.981. The number of pyridine rings is 5. The SMILES string of the molecule is C1=CCNC(c2cc(-c3ccc(-c4ccc5ccc6c(-c7ccncc7)c7ccccc7nc6c5n4)cc3)cc(-c3ccccn3)n2)=C1. The topological polar surface area (TPSA) is 76.5 Å². The summed E-state index contributed by atoms with van der Waals surface area (Å²) in [7, 11) is 0. The van der Waals surface area contributed by atoms with Crippen molar-refractivity contribution in [3.63, 3.8) is 0 Å². The molecular weight excluding hydrogens is 589 g/mol. The number of nitrogens with one attached hydrogen (secondary N) is 1. The van der Waals surface area contributed by atoms with E-state index in [-0.39, 0.29) is 0 Å². The van der Waals surface area contributed by atoms with Crippen molar-refractivity contribution < 1.29 is 0 Å². The van der Waals surface area contributed by atoms with Crippen LogP contribution in [-0.4, -0.2) is 31.5 Å². The molecule has 6 nitrogen and oxygen atoms in total. The van der Waals surface area contributed by atoms with Gasteiger partial charge in [-0.15, -0.1) is 0 Å². The average molecular weight is 617 g/mol.